The molecule has 0 aromatic rings. The van der Waals surface area contributed by atoms with Crippen LogP contribution < -0.4 is 5.32 Å². The molecular formula is C14H30N2. The minimum absolute atomic E-state index is 0.229. The molecule has 2 nitrogen and oxygen atoms in total. The third kappa shape index (κ3) is 7.02. The van der Waals surface area contributed by atoms with Gasteiger partial charge in [-0.2, -0.15) is 0 Å². The monoisotopic (exact) mass is 226 g/mol. The maximum Gasteiger partial charge on any atom is 0.0165 e. The summed E-state index contributed by atoms with van der Waals surface area (Å²) >= 11 is 0. The second-order valence-electron chi connectivity index (χ2n) is 5.67. The van der Waals surface area contributed by atoms with E-state index >= 15 is 0 Å². The van der Waals surface area contributed by atoms with Gasteiger partial charge in [0.2, 0.25) is 0 Å². The third-order valence-corrected chi connectivity index (χ3v) is 2.75. The molecule has 0 aliphatic heterocycles. The van der Waals surface area contributed by atoms with Crippen molar-refractivity contribution in [2.45, 2.75) is 46.6 Å². The third-order valence-electron chi connectivity index (χ3n) is 2.75. The number of hydrogen-bond acceptors (Lipinski definition) is 2. The van der Waals surface area contributed by atoms with E-state index in [1.54, 1.807) is 0 Å². The van der Waals surface area contributed by atoms with Gasteiger partial charge in [0.1, 0.15) is 0 Å². The minimum Gasteiger partial charge on any atom is -0.316 e. The maximum absolute atomic E-state index is 3.84. The molecule has 0 aromatic heterocycles. The lowest BCUT2D eigenvalue weighted by molar-refractivity contribution is 0.132. The number of rotatable bonds is 8. The quantitative estimate of drug-likeness (QED) is 0.506. The highest BCUT2D eigenvalue weighted by atomic mass is 15.2. The fourth-order valence-corrected chi connectivity index (χ4v) is 1.74. The van der Waals surface area contributed by atoms with Gasteiger partial charge in [0.15, 0.2) is 0 Å². The predicted molar refractivity (Wildman–Crippen MR) is 73.8 cm³/mol. The normalized spacial score (nSPS) is 14.1. The minimum atomic E-state index is 0.229. The number of nitrogens with zero attached hydrogens (tertiary/aromatic N) is 1. The van der Waals surface area contributed by atoms with E-state index in [0.29, 0.717) is 5.92 Å². The van der Waals surface area contributed by atoms with Gasteiger partial charge in [0.05, 0.1) is 0 Å². The molecule has 0 rings (SSSR count). The zero-order chi connectivity index (χ0) is 12.6. The topological polar surface area (TPSA) is 15.3 Å². The SMILES string of the molecule is C=CCN(CC(C)CNCCC)C(C)(C)C. The molecule has 0 heterocycles. The lowest BCUT2D eigenvalue weighted by Gasteiger charge is -2.36. The van der Waals surface area contributed by atoms with Gasteiger partial charge in [0.25, 0.3) is 0 Å². The van der Waals surface area contributed by atoms with E-state index in [1.807, 2.05) is 6.08 Å². The molecule has 96 valence electrons. The molecule has 0 bridgehead atoms. The van der Waals surface area contributed by atoms with Crippen LogP contribution in [0.15, 0.2) is 12.7 Å². The first-order chi connectivity index (χ1) is 7.41. The Balaban J connectivity index is 4.03. The van der Waals surface area contributed by atoms with Crippen molar-refractivity contribution in [2.24, 2.45) is 5.92 Å². The molecule has 16 heavy (non-hydrogen) atoms. The van der Waals surface area contributed by atoms with E-state index < -0.39 is 0 Å². The summed E-state index contributed by atoms with van der Waals surface area (Å²) in [7, 11) is 0. The molecule has 0 saturated carbocycles. The Bertz CT molecular complexity index is 182. The van der Waals surface area contributed by atoms with Gasteiger partial charge >= 0.3 is 0 Å². The second kappa shape index (κ2) is 7.86. The standard InChI is InChI=1S/C14H30N2/c1-7-9-15-11-13(3)12-16(10-8-2)14(4,5)6/h8,13,15H,2,7,9-12H2,1,3-6H3. The van der Waals surface area contributed by atoms with Crippen LogP contribution in [0.3, 0.4) is 0 Å². The summed E-state index contributed by atoms with van der Waals surface area (Å²) in [4.78, 5) is 2.48. The highest BCUT2D eigenvalue weighted by Crippen LogP contribution is 2.14. The van der Waals surface area contributed by atoms with Gasteiger partial charge in [-0.15, -0.1) is 6.58 Å². The van der Waals surface area contributed by atoms with E-state index in [0.717, 1.165) is 26.2 Å². The maximum atomic E-state index is 3.84. The van der Waals surface area contributed by atoms with E-state index in [9.17, 15) is 0 Å². The molecule has 0 aromatic carbocycles. The number of hydrogen-bond donors (Lipinski definition) is 1. The molecule has 0 saturated heterocycles. The Hall–Kier alpha value is -0.340. The Morgan fingerprint density at radius 1 is 1.38 bits per heavy atom. The molecule has 0 aliphatic rings. The summed E-state index contributed by atoms with van der Waals surface area (Å²) in [6, 6.07) is 0. The van der Waals surface area contributed by atoms with Crippen molar-refractivity contribution >= 4 is 0 Å². The van der Waals surface area contributed by atoms with Crippen LogP contribution in [0.2, 0.25) is 0 Å². The van der Waals surface area contributed by atoms with E-state index in [2.05, 4.69) is 51.4 Å². The average molecular weight is 226 g/mol. The van der Waals surface area contributed by atoms with Crippen molar-refractivity contribution < 1.29 is 0 Å². The van der Waals surface area contributed by atoms with Crippen LogP contribution in [0, 0.1) is 5.92 Å². The average Bonchev–Trinajstić information content (AvgIpc) is 2.16. The summed E-state index contributed by atoms with van der Waals surface area (Å²) in [5.74, 6) is 0.686. The van der Waals surface area contributed by atoms with Crippen LogP contribution in [-0.2, 0) is 0 Å². The van der Waals surface area contributed by atoms with Crippen LogP contribution in [0.1, 0.15) is 41.0 Å². The van der Waals surface area contributed by atoms with E-state index in [-0.39, 0.29) is 5.54 Å². The first-order valence-electron chi connectivity index (χ1n) is 6.48. The van der Waals surface area contributed by atoms with Crippen LogP contribution in [0.25, 0.3) is 0 Å². The molecule has 2 heteroatoms. The van der Waals surface area contributed by atoms with Crippen molar-refractivity contribution in [2.75, 3.05) is 26.2 Å². The van der Waals surface area contributed by atoms with Crippen molar-refractivity contribution in [1.29, 1.82) is 0 Å². The molecule has 0 radical (unpaired) electrons. The van der Waals surface area contributed by atoms with Crippen molar-refractivity contribution in [3.63, 3.8) is 0 Å². The molecule has 0 spiro atoms. The van der Waals surface area contributed by atoms with E-state index in [4.69, 9.17) is 0 Å². The summed E-state index contributed by atoms with van der Waals surface area (Å²) < 4.78 is 0. The van der Waals surface area contributed by atoms with Crippen LogP contribution in [0.5, 0.6) is 0 Å². The first kappa shape index (κ1) is 15.7. The lowest BCUT2D eigenvalue weighted by Crippen LogP contribution is -2.45. The molecule has 1 unspecified atom stereocenters. The Morgan fingerprint density at radius 2 is 2.00 bits per heavy atom. The van der Waals surface area contributed by atoms with Gasteiger partial charge < -0.3 is 5.32 Å². The molecule has 1 atom stereocenters. The fraction of sp³-hybridized carbons (Fsp3) is 0.857. The van der Waals surface area contributed by atoms with E-state index in [1.165, 1.54) is 6.42 Å². The zero-order valence-electron chi connectivity index (χ0n) is 11.8. The van der Waals surface area contributed by atoms with Crippen LogP contribution in [0.4, 0.5) is 0 Å². The Kier molecular flexibility index (Phi) is 7.69. The van der Waals surface area contributed by atoms with Crippen molar-refractivity contribution in [3.05, 3.63) is 12.7 Å². The van der Waals surface area contributed by atoms with Gasteiger partial charge in [-0.05, 0) is 46.2 Å². The number of nitrogens with one attached hydrogen (secondary N) is 1. The molecule has 0 aliphatic carbocycles. The Morgan fingerprint density at radius 3 is 2.44 bits per heavy atom. The molecule has 0 fully saturated rings. The largest absolute Gasteiger partial charge is 0.316 e. The lowest BCUT2D eigenvalue weighted by atomic mass is 10.0. The zero-order valence-corrected chi connectivity index (χ0v) is 11.8. The van der Waals surface area contributed by atoms with Gasteiger partial charge in [-0.25, -0.2) is 0 Å². The van der Waals surface area contributed by atoms with Crippen LogP contribution >= 0.6 is 0 Å². The van der Waals surface area contributed by atoms with Crippen LogP contribution in [-0.4, -0.2) is 36.6 Å². The second-order valence-corrected chi connectivity index (χ2v) is 5.67. The summed E-state index contributed by atoms with van der Waals surface area (Å²) in [5.41, 5.74) is 0.229. The van der Waals surface area contributed by atoms with Crippen molar-refractivity contribution in [1.82, 2.24) is 10.2 Å². The summed E-state index contributed by atoms with van der Waals surface area (Å²) in [5, 5.41) is 3.48. The first-order valence-corrected chi connectivity index (χ1v) is 6.48. The van der Waals surface area contributed by atoms with Gasteiger partial charge in [-0.1, -0.05) is 19.9 Å². The summed E-state index contributed by atoms with van der Waals surface area (Å²) in [6.07, 6.45) is 3.21. The molecule has 1 N–H and O–H groups in total. The predicted octanol–water partition coefficient (Wildman–Crippen LogP) is 2.91. The highest BCUT2D eigenvalue weighted by molar-refractivity contribution is 4.84. The highest BCUT2D eigenvalue weighted by Gasteiger charge is 2.21. The molecular weight excluding hydrogens is 196 g/mol. The smallest absolute Gasteiger partial charge is 0.0165 e. The molecule has 0 amide bonds. The van der Waals surface area contributed by atoms with Gasteiger partial charge in [-0.3, -0.25) is 4.90 Å². The fourth-order valence-electron chi connectivity index (χ4n) is 1.74. The van der Waals surface area contributed by atoms with Gasteiger partial charge in [0, 0.05) is 18.6 Å². The van der Waals surface area contributed by atoms with Crippen molar-refractivity contribution in [3.8, 4) is 0 Å². The Labute approximate surface area is 102 Å². The summed E-state index contributed by atoms with van der Waals surface area (Å²) in [6.45, 7) is 19.5.